The number of amides is 2. The number of nitrogens with two attached hydrogens (primary N) is 1. The van der Waals surface area contributed by atoms with Gasteiger partial charge in [-0.2, -0.15) is 0 Å². The molecule has 1 aliphatic heterocycles. The highest BCUT2D eigenvalue weighted by atomic mass is 16.2. The lowest BCUT2D eigenvalue weighted by Crippen LogP contribution is -2.39. The molecule has 0 aromatic heterocycles. The van der Waals surface area contributed by atoms with Crippen LogP contribution in [0.15, 0.2) is 24.3 Å². The number of nitrogens with zero attached hydrogens (tertiary/aromatic N) is 1. The van der Waals surface area contributed by atoms with Gasteiger partial charge in [0.2, 0.25) is 11.8 Å². The van der Waals surface area contributed by atoms with Crippen LogP contribution in [0.3, 0.4) is 0 Å². The predicted octanol–water partition coefficient (Wildman–Crippen LogP) is 3.15. The average molecular weight is 345 g/mol. The summed E-state index contributed by atoms with van der Waals surface area (Å²) in [5.41, 5.74) is 7.45. The summed E-state index contributed by atoms with van der Waals surface area (Å²) in [7, 11) is 0. The maximum Gasteiger partial charge on any atom is 0.234 e. The van der Waals surface area contributed by atoms with Gasteiger partial charge in [-0.1, -0.05) is 45.9 Å². The Morgan fingerprint density at radius 1 is 1.32 bits per heavy atom. The summed E-state index contributed by atoms with van der Waals surface area (Å²) in [6.07, 6.45) is 2.28. The van der Waals surface area contributed by atoms with E-state index in [1.807, 2.05) is 24.3 Å². The number of carbonyl (C=O) groups excluding carboxylic acids is 2. The van der Waals surface area contributed by atoms with Crippen molar-refractivity contribution in [2.45, 2.75) is 59.5 Å². The minimum absolute atomic E-state index is 0.0303. The molecule has 1 aromatic carbocycles. The summed E-state index contributed by atoms with van der Waals surface area (Å²) < 4.78 is 0. The van der Waals surface area contributed by atoms with E-state index in [0.717, 1.165) is 30.6 Å². The van der Waals surface area contributed by atoms with E-state index in [9.17, 15) is 9.59 Å². The molecule has 0 spiro atoms. The lowest BCUT2D eigenvalue weighted by molar-refractivity contribution is -0.122. The van der Waals surface area contributed by atoms with Crippen LogP contribution in [0.5, 0.6) is 0 Å². The van der Waals surface area contributed by atoms with Gasteiger partial charge in [-0.25, -0.2) is 0 Å². The summed E-state index contributed by atoms with van der Waals surface area (Å²) in [6.45, 7) is 10.0. The highest BCUT2D eigenvalue weighted by Crippen LogP contribution is 2.29. The van der Waals surface area contributed by atoms with Gasteiger partial charge in [-0.3, -0.25) is 14.5 Å². The Bertz CT molecular complexity index is 622. The molecule has 1 aliphatic rings. The SMILES string of the molecule is C[C@@H](CC(=O)Nc1ccccc1CN1CCC[C@H]1C(N)=O)C(C)(C)C. The molecule has 0 radical (unpaired) electrons. The summed E-state index contributed by atoms with van der Waals surface area (Å²) in [4.78, 5) is 26.1. The predicted molar refractivity (Wildman–Crippen MR) is 101 cm³/mol. The van der Waals surface area contributed by atoms with E-state index in [1.54, 1.807) is 0 Å². The molecule has 0 bridgehead atoms. The fraction of sp³-hybridized carbons (Fsp3) is 0.600. The minimum Gasteiger partial charge on any atom is -0.368 e. The standard InChI is InChI=1S/C20H31N3O2/c1-14(20(2,3)4)12-18(24)22-16-9-6-5-8-15(16)13-23-11-7-10-17(23)19(21)25/h5-6,8-9,14,17H,7,10-13H2,1-4H3,(H2,21,25)(H,22,24)/t14-,17-/m0/s1. The zero-order valence-corrected chi connectivity index (χ0v) is 15.8. The molecule has 2 rings (SSSR count). The van der Waals surface area contributed by atoms with Crippen LogP contribution in [0.1, 0.15) is 52.5 Å². The van der Waals surface area contributed by atoms with Gasteiger partial charge in [0, 0.05) is 18.7 Å². The molecular formula is C20H31N3O2. The fourth-order valence-corrected chi connectivity index (χ4v) is 3.12. The number of nitrogens with one attached hydrogen (secondary N) is 1. The van der Waals surface area contributed by atoms with Crippen LogP contribution in [0.4, 0.5) is 5.69 Å². The number of anilines is 1. The van der Waals surface area contributed by atoms with Crippen molar-refractivity contribution in [2.75, 3.05) is 11.9 Å². The Morgan fingerprint density at radius 2 is 2.00 bits per heavy atom. The zero-order chi connectivity index (χ0) is 18.6. The third-order valence-corrected chi connectivity index (χ3v) is 5.33. The molecule has 1 saturated heterocycles. The molecule has 5 nitrogen and oxygen atoms in total. The number of rotatable bonds is 6. The molecule has 138 valence electrons. The van der Waals surface area contributed by atoms with E-state index in [1.165, 1.54) is 0 Å². The first-order valence-electron chi connectivity index (χ1n) is 9.09. The van der Waals surface area contributed by atoms with E-state index >= 15 is 0 Å². The second-order valence-corrected chi connectivity index (χ2v) is 8.21. The van der Waals surface area contributed by atoms with Crippen molar-refractivity contribution >= 4 is 17.5 Å². The Balaban J connectivity index is 2.05. The Morgan fingerprint density at radius 3 is 2.64 bits per heavy atom. The highest BCUT2D eigenvalue weighted by Gasteiger charge is 2.29. The van der Waals surface area contributed by atoms with Gasteiger partial charge in [0.1, 0.15) is 0 Å². The number of benzene rings is 1. The van der Waals surface area contributed by atoms with Crippen molar-refractivity contribution < 1.29 is 9.59 Å². The first-order chi connectivity index (χ1) is 11.7. The molecule has 25 heavy (non-hydrogen) atoms. The molecule has 0 aliphatic carbocycles. The molecule has 1 aromatic rings. The average Bonchev–Trinajstić information content (AvgIpc) is 2.96. The second-order valence-electron chi connectivity index (χ2n) is 8.21. The number of likely N-dealkylation sites (tertiary alicyclic amines) is 1. The van der Waals surface area contributed by atoms with E-state index in [4.69, 9.17) is 5.73 Å². The number of hydrogen-bond donors (Lipinski definition) is 2. The van der Waals surface area contributed by atoms with Gasteiger partial charge in [0.15, 0.2) is 0 Å². The van der Waals surface area contributed by atoms with Gasteiger partial charge >= 0.3 is 0 Å². The summed E-state index contributed by atoms with van der Waals surface area (Å²) in [6, 6.07) is 7.59. The van der Waals surface area contributed by atoms with E-state index < -0.39 is 0 Å². The molecule has 1 heterocycles. The van der Waals surface area contributed by atoms with Gasteiger partial charge in [-0.15, -0.1) is 0 Å². The van der Waals surface area contributed by atoms with Crippen LogP contribution in [-0.4, -0.2) is 29.3 Å². The molecule has 2 amide bonds. The molecule has 1 fully saturated rings. The summed E-state index contributed by atoms with van der Waals surface area (Å²) in [5.74, 6) is 0.0539. The van der Waals surface area contributed by atoms with Gasteiger partial charge in [-0.05, 0) is 42.3 Å². The maximum absolute atomic E-state index is 12.4. The summed E-state index contributed by atoms with van der Waals surface area (Å²) in [5, 5.41) is 3.05. The number of carbonyl (C=O) groups is 2. The Kier molecular flexibility index (Phi) is 6.22. The van der Waals surface area contributed by atoms with Crippen molar-refractivity contribution in [3.8, 4) is 0 Å². The smallest absolute Gasteiger partial charge is 0.234 e. The zero-order valence-electron chi connectivity index (χ0n) is 15.8. The molecule has 0 saturated carbocycles. The topological polar surface area (TPSA) is 75.4 Å². The van der Waals surface area contributed by atoms with Gasteiger partial charge in [0.25, 0.3) is 0 Å². The molecule has 3 N–H and O–H groups in total. The van der Waals surface area contributed by atoms with Crippen LogP contribution in [0.2, 0.25) is 0 Å². The normalized spacial score (nSPS) is 19.6. The first-order valence-corrected chi connectivity index (χ1v) is 9.09. The molecular weight excluding hydrogens is 314 g/mol. The maximum atomic E-state index is 12.4. The van der Waals surface area contributed by atoms with Crippen molar-refractivity contribution in [1.82, 2.24) is 4.90 Å². The quantitative estimate of drug-likeness (QED) is 0.831. The van der Waals surface area contributed by atoms with Crippen LogP contribution < -0.4 is 11.1 Å². The van der Waals surface area contributed by atoms with Crippen molar-refractivity contribution in [2.24, 2.45) is 17.1 Å². The lowest BCUT2D eigenvalue weighted by Gasteiger charge is -2.27. The first kappa shape index (κ1) is 19.4. The van der Waals surface area contributed by atoms with Crippen molar-refractivity contribution in [3.63, 3.8) is 0 Å². The van der Waals surface area contributed by atoms with Crippen molar-refractivity contribution in [1.29, 1.82) is 0 Å². The summed E-state index contributed by atoms with van der Waals surface area (Å²) >= 11 is 0. The van der Waals surface area contributed by atoms with Crippen LogP contribution in [-0.2, 0) is 16.1 Å². The van der Waals surface area contributed by atoms with Gasteiger partial charge < -0.3 is 11.1 Å². The third-order valence-electron chi connectivity index (χ3n) is 5.33. The van der Waals surface area contributed by atoms with Crippen LogP contribution in [0.25, 0.3) is 0 Å². The van der Waals surface area contributed by atoms with E-state index in [2.05, 4.69) is 37.9 Å². The fourth-order valence-electron chi connectivity index (χ4n) is 3.12. The number of hydrogen-bond acceptors (Lipinski definition) is 3. The van der Waals surface area contributed by atoms with E-state index in [0.29, 0.717) is 13.0 Å². The largest absolute Gasteiger partial charge is 0.368 e. The molecule has 0 unspecified atom stereocenters. The Labute approximate surface area is 151 Å². The molecule has 5 heteroatoms. The number of primary amides is 1. The minimum atomic E-state index is -0.266. The van der Waals surface area contributed by atoms with E-state index in [-0.39, 0.29) is 29.2 Å². The van der Waals surface area contributed by atoms with Crippen LogP contribution >= 0.6 is 0 Å². The van der Waals surface area contributed by atoms with Crippen LogP contribution in [0, 0.1) is 11.3 Å². The lowest BCUT2D eigenvalue weighted by atomic mass is 9.80. The van der Waals surface area contributed by atoms with Crippen molar-refractivity contribution in [3.05, 3.63) is 29.8 Å². The molecule has 2 atom stereocenters. The second kappa shape index (κ2) is 8.00. The third kappa shape index (κ3) is 5.30. The highest BCUT2D eigenvalue weighted by molar-refractivity contribution is 5.91. The Hall–Kier alpha value is -1.88. The number of para-hydroxylation sites is 1. The van der Waals surface area contributed by atoms with Gasteiger partial charge in [0.05, 0.1) is 6.04 Å². The monoisotopic (exact) mass is 345 g/mol.